The smallest absolute Gasteiger partial charge is 0.0584 e. The van der Waals surface area contributed by atoms with Gasteiger partial charge in [0.05, 0.1) is 5.16 Å². The van der Waals surface area contributed by atoms with Crippen LogP contribution in [0.25, 0.3) is 10.9 Å². The molecule has 0 aliphatic heterocycles. The fraction of sp³-hybridized carbons (Fsp3) is 0.250. The third-order valence-corrected chi connectivity index (χ3v) is 2.15. The van der Waals surface area contributed by atoms with Gasteiger partial charge in [-0.05, 0) is 43.1 Å². The predicted octanol–water partition coefficient (Wildman–Crippen LogP) is 3.59. The monoisotopic (exact) mass is 218 g/mol. The highest BCUT2D eigenvalue weighted by Crippen LogP contribution is 2.14. The van der Waals surface area contributed by atoms with Crippen LogP contribution in [0.15, 0.2) is 35.5 Å². The molecule has 1 N–H and O–H groups in total. The first-order valence-electron chi connectivity index (χ1n) is 4.86. The fourth-order valence-corrected chi connectivity index (χ4v) is 1.43. The van der Waals surface area contributed by atoms with Crippen LogP contribution in [0.4, 0.5) is 0 Å². The number of nitrogens with zero attached hydrogens (tertiary/aromatic N) is 1. The standard InChI is InChI=1S/C9H9N.C3H5NS/c1-7-3-2-4-8-5-6-10-9(7)8;1-2-4-3-5/h2-6,10H,1H3;2H2,1H3. The summed E-state index contributed by atoms with van der Waals surface area (Å²) >= 11 is 4.23. The second kappa shape index (κ2) is 6.12. The quantitative estimate of drug-likeness (QED) is 0.575. The van der Waals surface area contributed by atoms with E-state index in [1.54, 1.807) is 0 Å². The molecule has 0 radical (unpaired) electrons. The van der Waals surface area contributed by atoms with Gasteiger partial charge in [0.15, 0.2) is 0 Å². The van der Waals surface area contributed by atoms with Crippen molar-refractivity contribution in [2.24, 2.45) is 4.99 Å². The summed E-state index contributed by atoms with van der Waals surface area (Å²) in [5.74, 6) is 0. The summed E-state index contributed by atoms with van der Waals surface area (Å²) in [5.41, 5.74) is 2.56. The highest BCUT2D eigenvalue weighted by molar-refractivity contribution is 7.78. The second-order valence-corrected chi connectivity index (χ2v) is 3.27. The molecule has 15 heavy (non-hydrogen) atoms. The molecule has 2 rings (SSSR count). The van der Waals surface area contributed by atoms with Gasteiger partial charge >= 0.3 is 0 Å². The van der Waals surface area contributed by atoms with E-state index in [9.17, 15) is 0 Å². The highest BCUT2D eigenvalue weighted by Gasteiger charge is 1.93. The molecular weight excluding hydrogens is 204 g/mol. The van der Waals surface area contributed by atoms with E-state index in [4.69, 9.17) is 0 Å². The van der Waals surface area contributed by atoms with E-state index in [0.717, 1.165) is 6.54 Å². The third kappa shape index (κ3) is 3.31. The van der Waals surface area contributed by atoms with E-state index in [1.165, 1.54) is 16.5 Å². The molecule has 1 aromatic heterocycles. The molecule has 0 bridgehead atoms. The molecule has 1 heterocycles. The number of nitrogens with one attached hydrogen (secondary N) is 1. The van der Waals surface area contributed by atoms with Crippen LogP contribution >= 0.6 is 12.2 Å². The summed E-state index contributed by atoms with van der Waals surface area (Å²) in [6, 6.07) is 8.38. The minimum Gasteiger partial charge on any atom is -0.361 e. The van der Waals surface area contributed by atoms with Gasteiger partial charge in [0.25, 0.3) is 0 Å². The Morgan fingerprint density at radius 3 is 2.73 bits per heavy atom. The third-order valence-electron chi connectivity index (χ3n) is 2.02. The Balaban J connectivity index is 0.000000195. The molecule has 0 unspecified atom stereocenters. The number of aryl methyl sites for hydroxylation is 1. The Hall–Kier alpha value is -1.44. The average Bonchev–Trinajstić information content (AvgIpc) is 2.69. The van der Waals surface area contributed by atoms with Gasteiger partial charge < -0.3 is 4.98 Å². The summed E-state index contributed by atoms with van der Waals surface area (Å²) in [7, 11) is 0. The topological polar surface area (TPSA) is 28.1 Å². The number of aromatic amines is 1. The van der Waals surface area contributed by atoms with Crippen LogP contribution in [-0.4, -0.2) is 16.7 Å². The van der Waals surface area contributed by atoms with E-state index < -0.39 is 0 Å². The zero-order chi connectivity index (χ0) is 11.1. The molecule has 0 spiro atoms. The number of para-hydroxylation sites is 1. The van der Waals surface area contributed by atoms with Crippen molar-refractivity contribution in [3.63, 3.8) is 0 Å². The minimum absolute atomic E-state index is 0.753. The molecule has 0 saturated heterocycles. The predicted molar refractivity (Wildman–Crippen MR) is 68.6 cm³/mol. The van der Waals surface area contributed by atoms with Crippen molar-refractivity contribution in [3.05, 3.63) is 36.0 Å². The Morgan fingerprint density at radius 1 is 1.40 bits per heavy atom. The molecule has 0 fully saturated rings. The lowest BCUT2D eigenvalue weighted by Gasteiger charge is -1.92. The maximum Gasteiger partial charge on any atom is 0.0584 e. The van der Waals surface area contributed by atoms with Crippen LogP contribution in [-0.2, 0) is 0 Å². The van der Waals surface area contributed by atoms with E-state index >= 15 is 0 Å². The lowest BCUT2D eigenvalue weighted by molar-refractivity contribution is 1.15. The van der Waals surface area contributed by atoms with E-state index in [2.05, 4.69) is 58.5 Å². The number of thiocarbonyl (C=S) groups is 1. The minimum atomic E-state index is 0.753. The Morgan fingerprint density at radius 2 is 2.20 bits per heavy atom. The molecule has 0 aliphatic rings. The van der Waals surface area contributed by atoms with Gasteiger partial charge in [-0.25, -0.2) is 4.99 Å². The van der Waals surface area contributed by atoms with Gasteiger partial charge in [-0.3, -0.25) is 0 Å². The van der Waals surface area contributed by atoms with Crippen molar-refractivity contribution < 1.29 is 0 Å². The molecule has 0 atom stereocenters. The first-order chi connectivity index (χ1) is 7.29. The van der Waals surface area contributed by atoms with Crippen molar-refractivity contribution in [2.75, 3.05) is 6.54 Å². The lowest BCUT2D eigenvalue weighted by atomic mass is 10.2. The first kappa shape index (κ1) is 11.6. The molecule has 3 heteroatoms. The van der Waals surface area contributed by atoms with Crippen LogP contribution < -0.4 is 0 Å². The molecule has 2 aromatic rings. The zero-order valence-corrected chi connectivity index (χ0v) is 9.77. The largest absolute Gasteiger partial charge is 0.361 e. The summed E-state index contributed by atoms with van der Waals surface area (Å²) in [6.45, 7) is 4.78. The Labute approximate surface area is 95.0 Å². The van der Waals surface area contributed by atoms with E-state index in [1.807, 2.05) is 13.1 Å². The Bertz CT molecular complexity index is 467. The van der Waals surface area contributed by atoms with E-state index in [-0.39, 0.29) is 0 Å². The van der Waals surface area contributed by atoms with Crippen LogP contribution in [0.3, 0.4) is 0 Å². The number of hydrogen-bond acceptors (Lipinski definition) is 2. The molecule has 0 aliphatic carbocycles. The normalized spacial score (nSPS) is 8.93. The Kier molecular flexibility index (Phi) is 4.75. The average molecular weight is 218 g/mol. The molecule has 78 valence electrons. The summed E-state index contributed by atoms with van der Waals surface area (Å²) < 4.78 is 0. The number of isothiocyanates is 1. The van der Waals surface area contributed by atoms with Gasteiger partial charge in [-0.15, -0.1) is 0 Å². The van der Waals surface area contributed by atoms with Crippen molar-refractivity contribution in [2.45, 2.75) is 13.8 Å². The molecule has 1 aromatic carbocycles. The summed E-state index contributed by atoms with van der Waals surface area (Å²) in [6.07, 6.45) is 1.97. The number of rotatable bonds is 1. The van der Waals surface area contributed by atoms with Crippen molar-refractivity contribution >= 4 is 28.3 Å². The molecule has 0 saturated carbocycles. The van der Waals surface area contributed by atoms with Crippen LogP contribution in [0.5, 0.6) is 0 Å². The van der Waals surface area contributed by atoms with Gasteiger partial charge in [-0.1, -0.05) is 18.2 Å². The van der Waals surface area contributed by atoms with Crippen molar-refractivity contribution in [1.82, 2.24) is 4.98 Å². The van der Waals surface area contributed by atoms with Crippen molar-refractivity contribution in [1.29, 1.82) is 0 Å². The van der Waals surface area contributed by atoms with Crippen molar-refractivity contribution in [3.8, 4) is 0 Å². The fourth-order valence-electron chi connectivity index (χ4n) is 1.31. The summed E-state index contributed by atoms with van der Waals surface area (Å²) in [4.78, 5) is 6.72. The number of benzene rings is 1. The highest BCUT2D eigenvalue weighted by atomic mass is 32.1. The SMILES string of the molecule is CCN=C=S.Cc1cccc2cc[nH]c12. The maximum absolute atomic E-state index is 4.23. The van der Waals surface area contributed by atoms with Crippen LogP contribution in [0, 0.1) is 6.92 Å². The van der Waals surface area contributed by atoms with Gasteiger partial charge in [0.2, 0.25) is 0 Å². The second-order valence-electron chi connectivity index (χ2n) is 3.08. The first-order valence-corrected chi connectivity index (χ1v) is 5.26. The summed E-state index contributed by atoms with van der Waals surface area (Å²) in [5, 5.41) is 3.52. The molecule has 0 amide bonds. The van der Waals surface area contributed by atoms with Crippen LogP contribution in [0.1, 0.15) is 12.5 Å². The number of aromatic nitrogens is 1. The lowest BCUT2D eigenvalue weighted by Crippen LogP contribution is -1.72. The molecule has 2 nitrogen and oxygen atoms in total. The number of fused-ring (bicyclic) bond motifs is 1. The maximum atomic E-state index is 4.23. The van der Waals surface area contributed by atoms with Crippen LogP contribution in [0.2, 0.25) is 0 Å². The number of hydrogen-bond donors (Lipinski definition) is 1. The molecular formula is C12H14N2S. The van der Waals surface area contributed by atoms with E-state index in [0.29, 0.717) is 0 Å². The number of H-pyrrole nitrogens is 1. The van der Waals surface area contributed by atoms with Gasteiger partial charge in [0, 0.05) is 18.3 Å². The number of aliphatic imine (C=N–C) groups is 1. The van der Waals surface area contributed by atoms with Gasteiger partial charge in [0.1, 0.15) is 0 Å². The van der Waals surface area contributed by atoms with Gasteiger partial charge in [-0.2, -0.15) is 0 Å². The zero-order valence-electron chi connectivity index (χ0n) is 8.95.